The summed E-state index contributed by atoms with van der Waals surface area (Å²) < 4.78 is 5.13. The number of halogens is 1. The Hall–Kier alpha value is -1.81. The Labute approximate surface area is 104 Å². The second-order valence-electron chi connectivity index (χ2n) is 3.48. The van der Waals surface area contributed by atoms with Crippen LogP contribution in [0, 0.1) is 4.91 Å². The number of hydrogen-bond donors (Lipinski definition) is 1. The molecule has 4 nitrogen and oxygen atoms in total. The topological polar surface area (TPSA) is 50.7 Å². The highest BCUT2D eigenvalue weighted by atomic mass is 35.5. The lowest BCUT2D eigenvalue weighted by molar-refractivity contribution is 0.415. The number of fused-ring (bicyclic) bond motifs is 1. The zero-order chi connectivity index (χ0) is 12.4. The molecule has 0 saturated heterocycles. The van der Waals surface area contributed by atoms with E-state index in [0.717, 1.165) is 5.39 Å². The van der Waals surface area contributed by atoms with Crippen LogP contribution >= 0.6 is 11.6 Å². The van der Waals surface area contributed by atoms with E-state index in [2.05, 4.69) is 10.5 Å². The number of rotatable bonds is 3. The smallest absolute Gasteiger partial charge is 0.138 e. The van der Waals surface area contributed by atoms with E-state index in [1.54, 1.807) is 32.4 Å². The van der Waals surface area contributed by atoms with E-state index in [0.29, 0.717) is 27.5 Å². The maximum Gasteiger partial charge on any atom is 0.138 e. The Morgan fingerprint density at radius 2 is 1.94 bits per heavy atom. The minimum atomic E-state index is 0.356. The van der Waals surface area contributed by atoms with Gasteiger partial charge in [-0.15, -0.1) is 4.91 Å². The lowest BCUT2D eigenvalue weighted by atomic mass is 10.1. The van der Waals surface area contributed by atoms with E-state index < -0.39 is 0 Å². The van der Waals surface area contributed by atoms with Crippen LogP contribution in [0.15, 0.2) is 29.4 Å². The molecule has 0 aromatic heterocycles. The Balaban J connectivity index is 2.83. The van der Waals surface area contributed by atoms with Gasteiger partial charge in [-0.25, -0.2) is 0 Å². The van der Waals surface area contributed by atoms with Crippen LogP contribution in [0.4, 0.5) is 11.4 Å². The van der Waals surface area contributed by atoms with Gasteiger partial charge in [0.05, 0.1) is 17.8 Å². The van der Waals surface area contributed by atoms with E-state index in [-0.39, 0.29) is 0 Å². The molecule has 2 rings (SSSR count). The molecule has 0 aliphatic heterocycles. The van der Waals surface area contributed by atoms with Gasteiger partial charge in [0, 0.05) is 17.8 Å². The van der Waals surface area contributed by atoms with Crippen molar-refractivity contribution in [1.29, 1.82) is 0 Å². The summed E-state index contributed by atoms with van der Waals surface area (Å²) in [5.74, 6) is 0.577. The minimum Gasteiger partial charge on any atom is -0.495 e. The molecular formula is C12H11ClN2O2. The molecule has 0 bridgehead atoms. The molecule has 0 atom stereocenters. The minimum absolute atomic E-state index is 0.356. The summed E-state index contributed by atoms with van der Waals surface area (Å²) in [6.45, 7) is 0. The van der Waals surface area contributed by atoms with Gasteiger partial charge in [0.2, 0.25) is 0 Å². The fourth-order valence-corrected chi connectivity index (χ4v) is 2.10. The van der Waals surface area contributed by atoms with Gasteiger partial charge < -0.3 is 10.1 Å². The summed E-state index contributed by atoms with van der Waals surface area (Å²) in [6.07, 6.45) is 0. The maximum atomic E-state index is 10.9. The van der Waals surface area contributed by atoms with Crippen LogP contribution < -0.4 is 10.1 Å². The average Bonchev–Trinajstić information content (AvgIpc) is 2.37. The van der Waals surface area contributed by atoms with E-state index in [1.165, 1.54) is 0 Å². The number of nitroso groups, excluding NO2 is 1. The molecule has 2 aromatic carbocycles. The molecule has 0 saturated carbocycles. The molecule has 2 aromatic rings. The monoisotopic (exact) mass is 250 g/mol. The second-order valence-corrected chi connectivity index (χ2v) is 3.86. The highest BCUT2D eigenvalue weighted by Crippen LogP contribution is 2.40. The van der Waals surface area contributed by atoms with Gasteiger partial charge in [0.1, 0.15) is 11.4 Å². The van der Waals surface area contributed by atoms with Crippen molar-refractivity contribution < 1.29 is 4.74 Å². The molecule has 0 amide bonds. The second kappa shape index (κ2) is 4.59. The van der Waals surface area contributed by atoms with Crippen LogP contribution in [0.1, 0.15) is 0 Å². The lowest BCUT2D eigenvalue weighted by Crippen LogP contribution is -1.90. The Morgan fingerprint density at radius 1 is 1.24 bits per heavy atom. The summed E-state index contributed by atoms with van der Waals surface area (Å²) in [7, 11) is 3.29. The number of nitrogens with zero attached hydrogens (tertiary/aromatic N) is 1. The molecule has 5 heteroatoms. The van der Waals surface area contributed by atoms with Crippen molar-refractivity contribution >= 4 is 33.7 Å². The Bertz CT molecular complexity index is 584. The van der Waals surface area contributed by atoms with Crippen LogP contribution in [0.3, 0.4) is 0 Å². The molecular weight excluding hydrogens is 240 g/mol. The third-order valence-electron chi connectivity index (χ3n) is 2.65. The van der Waals surface area contributed by atoms with Crippen LogP contribution in [0.5, 0.6) is 5.75 Å². The summed E-state index contributed by atoms with van der Waals surface area (Å²) >= 11 is 6.18. The lowest BCUT2D eigenvalue weighted by Gasteiger charge is -2.10. The quantitative estimate of drug-likeness (QED) is 0.840. The van der Waals surface area contributed by atoms with Crippen LogP contribution in [0.25, 0.3) is 10.8 Å². The van der Waals surface area contributed by atoms with Crippen LogP contribution in [-0.2, 0) is 0 Å². The first-order chi connectivity index (χ1) is 8.22. The molecule has 0 aliphatic carbocycles. The number of ether oxygens (including phenoxy) is 1. The van der Waals surface area contributed by atoms with E-state index in [9.17, 15) is 4.91 Å². The number of benzene rings is 2. The zero-order valence-electron chi connectivity index (χ0n) is 9.45. The zero-order valence-corrected chi connectivity index (χ0v) is 10.2. The normalized spacial score (nSPS) is 10.3. The maximum absolute atomic E-state index is 10.9. The molecule has 0 aliphatic rings. The Morgan fingerprint density at radius 3 is 2.53 bits per heavy atom. The van der Waals surface area contributed by atoms with Crippen molar-refractivity contribution in [1.82, 2.24) is 0 Å². The average molecular weight is 251 g/mol. The Kier molecular flexibility index (Phi) is 3.15. The van der Waals surface area contributed by atoms with Gasteiger partial charge >= 0.3 is 0 Å². The van der Waals surface area contributed by atoms with Gasteiger partial charge in [-0.05, 0) is 23.4 Å². The third-order valence-corrected chi connectivity index (χ3v) is 3.04. The van der Waals surface area contributed by atoms with E-state index >= 15 is 0 Å². The molecule has 0 spiro atoms. The van der Waals surface area contributed by atoms with Crippen molar-refractivity contribution in [3.63, 3.8) is 0 Å². The molecule has 88 valence electrons. The van der Waals surface area contributed by atoms with Crippen molar-refractivity contribution in [3.05, 3.63) is 34.2 Å². The fourth-order valence-electron chi connectivity index (χ4n) is 1.79. The molecule has 0 fully saturated rings. The first-order valence-electron chi connectivity index (χ1n) is 5.03. The molecule has 0 heterocycles. The van der Waals surface area contributed by atoms with Gasteiger partial charge in [-0.2, -0.15) is 0 Å². The summed E-state index contributed by atoms with van der Waals surface area (Å²) in [5, 5.41) is 7.91. The molecule has 0 radical (unpaired) electrons. The van der Waals surface area contributed by atoms with E-state index in [1.807, 2.05) is 6.07 Å². The van der Waals surface area contributed by atoms with Crippen molar-refractivity contribution in [3.8, 4) is 5.75 Å². The summed E-state index contributed by atoms with van der Waals surface area (Å²) in [4.78, 5) is 10.9. The summed E-state index contributed by atoms with van der Waals surface area (Å²) in [5.41, 5.74) is 1.03. The summed E-state index contributed by atoms with van der Waals surface area (Å²) in [6, 6.07) is 7.10. The van der Waals surface area contributed by atoms with Crippen LogP contribution in [-0.4, -0.2) is 14.2 Å². The van der Waals surface area contributed by atoms with Gasteiger partial charge in [-0.1, -0.05) is 17.7 Å². The molecule has 0 unspecified atom stereocenters. The first kappa shape index (κ1) is 11.7. The van der Waals surface area contributed by atoms with Gasteiger partial charge in [-0.3, -0.25) is 0 Å². The number of hydrogen-bond acceptors (Lipinski definition) is 4. The van der Waals surface area contributed by atoms with Gasteiger partial charge in [0.15, 0.2) is 0 Å². The standard InChI is InChI=1S/C12H11ClN2O2/c1-14-9-5-3-7-8(12(9)15-16)4-6-10(17-2)11(7)13/h3-6,14H,1-2H3. The third kappa shape index (κ3) is 1.80. The SMILES string of the molecule is CNc1ccc2c(Cl)c(OC)ccc2c1N=O. The highest BCUT2D eigenvalue weighted by Gasteiger charge is 2.12. The molecule has 17 heavy (non-hydrogen) atoms. The highest BCUT2D eigenvalue weighted by molar-refractivity contribution is 6.37. The van der Waals surface area contributed by atoms with Crippen molar-refractivity contribution in [2.24, 2.45) is 5.18 Å². The fraction of sp³-hybridized carbons (Fsp3) is 0.167. The van der Waals surface area contributed by atoms with Crippen LogP contribution in [0.2, 0.25) is 5.02 Å². The number of nitrogens with one attached hydrogen (secondary N) is 1. The molecule has 1 N–H and O–H groups in total. The largest absolute Gasteiger partial charge is 0.495 e. The first-order valence-corrected chi connectivity index (χ1v) is 5.41. The number of anilines is 1. The number of methoxy groups -OCH3 is 1. The van der Waals surface area contributed by atoms with Crippen molar-refractivity contribution in [2.45, 2.75) is 0 Å². The predicted octanol–water partition coefficient (Wildman–Crippen LogP) is 3.94. The predicted molar refractivity (Wildman–Crippen MR) is 70.5 cm³/mol. The van der Waals surface area contributed by atoms with E-state index in [4.69, 9.17) is 16.3 Å². The van der Waals surface area contributed by atoms with Crippen molar-refractivity contribution in [2.75, 3.05) is 19.5 Å². The van der Waals surface area contributed by atoms with Gasteiger partial charge in [0.25, 0.3) is 0 Å².